The molecule has 0 aliphatic heterocycles. The SMILES string of the molecule is CO[C@H](c1ccccc1)[C@@H](C)N(C)C/C=C/c1ccccc1. The molecule has 0 amide bonds. The molecule has 0 aliphatic carbocycles. The van der Waals surface area contributed by atoms with Gasteiger partial charge in [-0.2, -0.15) is 0 Å². The molecule has 0 unspecified atom stereocenters. The number of methoxy groups -OCH3 is 1. The molecular weight excluding hydrogens is 270 g/mol. The van der Waals surface area contributed by atoms with Crippen molar-refractivity contribution >= 4 is 6.08 Å². The van der Waals surface area contributed by atoms with Gasteiger partial charge in [-0.1, -0.05) is 72.8 Å². The van der Waals surface area contributed by atoms with Crippen molar-refractivity contribution in [2.45, 2.75) is 19.1 Å². The Bertz CT molecular complexity index is 565. The van der Waals surface area contributed by atoms with E-state index in [4.69, 9.17) is 4.74 Å². The van der Waals surface area contributed by atoms with Crippen LogP contribution in [0.15, 0.2) is 66.7 Å². The molecule has 22 heavy (non-hydrogen) atoms. The van der Waals surface area contributed by atoms with Crippen LogP contribution in [0.3, 0.4) is 0 Å². The minimum Gasteiger partial charge on any atom is -0.375 e. The second-order valence-electron chi connectivity index (χ2n) is 5.56. The van der Waals surface area contributed by atoms with E-state index in [0.29, 0.717) is 6.04 Å². The van der Waals surface area contributed by atoms with Crippen LogP contribution in [-0.4, -0.2) is 31.6 Å². The minimum atomic E-state index is 0.0799. The van der Waals surface area contributed by atoms with Gasteiger partial charge in [0.1, 0.15) is 0 Å². The fraction of sp³-hybridized carbons (Fsp3) is 0.300. The second kappa shape index (κ2) is 8.52. The molecule has 2 heteroatoms. The smallest absolute Gasteiger partial charge is 0.0973 e. The zero-order valence-electron chi connectivity index (χ0n) is 13.6. The van der Waals surface area contributed by atoms with Crippen molar-refractivity contribution < 1.29 is 4.74 Å². The summed E-state index contributed by atoms with van der Waals surface area (Å²) in [6.07, 6.45) is 4.44. The number of rotatable bonds is 7. The van der Waals surface area contributed by atoms with E-state index in [1.165, 1.54) is 11.1 Å². The van der Waals surface area contributed by atoms with Crippen LogP contribution in [0.2, 0.25) is 0 Å². The molecule has 0 spiro atoms. The Morgan fingerprint density at radius 2 is 1.59 bits per heavy atom. The van der Waals surface area contributed by atoms with Crippen LogP contribution in [0.1, 0.15) is 24.2 Å². The van der Waals surface area contributed by atoms with Crippen molar-refractivity contribution in [3.05, 3.63) is 77.9 Å². The number of hydrogen-bond acceptors (Lipinski definition) is 2. The Labute approximate surface area is 134 Å². The van der Waals surface area contributed by atoms with E-state index >= 15 is 0 Å². The fourth-order valence-electron chi connectivity index (χ4n) is 2.57. The maximum Gasteiger partial charge on any atom is 0.0973 e. The number of benzene rings is 2. The fourth-order valence-corrected chi connectivity index (χ4v) is 2.57. The molecule has 0 bridgehead atoms. The van der Waals surface area contributed by atoms with Gasteiger partial charge in [0.2, 0.25) is 0 Å². The van der Waals surface area contributed by atoms with Crippen LogP contribution in [0, 0.1) is 0 Å². The first-order valence-electron chi connectivity index (χ1n) is 7.72. The third-order valence-corrected chi connectivity index (χ3v) is 4.02. The lowest BCUT2D eigenvalue weighted by Gasteiger charge is -2.30. The summed E-state index contributed by atoms with van der Waals surface area (Å²) >= 11 is 0. The number of hydrogen-bond donors (Lipinski definition) is 0. The van der Waals surface area contributed by atoms with Crippen molar-refractivity contribution in [1.82, 2.24) is 4.90 Å². The van der Waals surface area contributed by atoms with Crippen LogP contribution in [-0.2, 0) is 4.74 Å². The van der Waals surface area contributed by atoms with Crippen molar-refractivity contribution in [2.75, 3.05) is 20.7 Å². The predicted molar refractivity (Wildman–Crippen MR) is 93.8 cm³/mol. The van der Waals surface area contributed by atoms with Crippen molar-refractivity contribution in [1.29, 1.82) is 0 Å². The molecule has 0 saturated carbocycles. The van der Waals surface area contributed by atoms with Crippen LogP contribution >= 0.6 is 0 Å². The highest BCUT2D eigenvalue weighted by molar-refractivity contribution is 5.48. The van der Waals surface area contributed by atoms with Gasteiger partial charge in [0.05, 0.1) is 6.10 Å². The van der Waals surface area contributed by atoms with Gasteiger partial charge in [-0.3, -0.25) is 4.90 Å². The monoisotopic (exact) mass is 295 g/mol. The summed E-state index contributed by atoms with van der Waals surface area (Å²) in [4.78, 5) is 2.31. The summed E-state index contributed by atoms with van der Waals surface area (Å²) in [6, 6.07) is 21.1. The van der Waals surface area contributed by atoms with Gasteiger partial charge >= 0.3 is 0 Å². The Morgan fingerprint density at radius 1 is 1.00 bits per heavy atom. The summed E-state index contributed by atoms with van der Waals surface area (Å²) in [7, 11) is 3.91. The maximum absolute atomic E-state index is 5.72. The van der Waals surface area contributed by atoms with Gasteiger partial charge in [-0.05, 0) is 25.1 Å². The van der Waals surface area contributed by atoms with E-state index in [2.05, 4.69) is 79.6 Å². The molecule has 0 aliphatic rings. The molecule has 0 aromatic heterocycles. The van der Waals surface area contributed by atoms with Crippen LogP contribution in [0.5, 0.6) is 0 Å². The first kappa shape index (κ1) is 16.5. The Balaban J connectivity index is 1.96. The quantitative estimate of drug-likeness (QED) is 0.750. The first-order valence-corrected chi connectivity index (χ1v) is 7.72. The molecule has 2 atom stereocenters. The normalized spacial score (nSPS) is 14.4. The highest BCUT2D eigenvalue weighted by Crippen LogP contribution is 2.23. The number of ether oxygens (including phenoxy) is 1. The number of nitrogens with zero attached hydrogens (tertiary/aromatic N) is 1. The Kier molecular flexibility index (Phi) is 6.38. The summed E-state index contributed by atoms with van der Waals surface area (Å²) in [6.45, 7) is 3.10. The third kappa shape index (κ3) is 4.55. The molecule has 0 radical (unpaired) electrons. The molecular formula is C20H25NO. The summed E-state index contributed by atoms with van der Waals surface area (Å²) in [5.74, 6) is 0. The largest absolute Gasteiger partial charge is 0.375 e. The molecule has 2 rings (SSSR count). The zero-order valence-corrected chi connectivity index (χ0v) is 13.6. The molecule has 0 N–H and O–H groups in total. The standard InChI is InChI=1S/C20H25NO/c1-17(20(22-3)19-14-8-5-9-15-19)21(2)16-10-13-18-11-6-4-7-12-18/h4-15,17,20H,16H2,1-3H3/b13-10+/t17-,20+/m1/s1. The lowest BCUT2D eigenvalue weighted by Crippen LogP contribution is -2.35. The number of likely N-dealkylation sites (N-methyl/N-ethyl adjacent to an activating group) is 1. The van der Waals surface area contributed by atoms with Crippen molar-refractivity contribution in [3.8, 4) is 0 Å². The van der Waals surface area contributed by atoms with Gasteiger partial charge < -0.3 is 4.74 Å². The van der Waals surface area contributed by atoms with E-state index in [0.717, 1.165) is 6.54 Å². The summed E-state index contributed by atoms with van der Waals surface area (Å²) in [5, 5.41) is 0. The summed E-state index contributed by atoms with van der Waals surface area (Å²) < 4.78 is 5.72. The van der Waals surface area contributed by atoms with Gasteiger partial charge in [0, 0.05) is 19.7 Å². The lowest BCUT2D eigenvalue weighted by molar-refractivity contribution is 0.0340. The molecule has 2 aromatic carbocycles. The first-order chi connectivity index (χ1) is 10.7. The highest BCUT2D eigenvalue weighted by atomic mass is 16.5. The molecule has 0 heterocycles. The van der Waals surface area contributed by atoms with Crippen molar-refractivity contribution in [3.63, 3.8) is 0 Å². The van der Waals surface area contributed by atoms with E-state index < -0.39 is 0 Å². The van der Waals surface area contributed by atoms with Gasteiger partial charge in [-0.15, -0.1) is 0 Å². The molecule has 0 fully saturated rings. The van der Waals surface area contributed by atoms with E-state index in [-0.39, 0.29) is 6.10 Å². The average Bonchev–Trinajstić information content (AvgIpc) is 2.57. The average molecular weight is 295 g/mol. The molecule has 116 valence electrons. The Hall–Kier alpha value is -1.90. The van der Waals surface area contributed by atoms with E-state index in [1.54, 1.807) is 7.11 Å². The zero-order chi connectivity index (χ0) is 15.8. The topological polar surface area (TPSA) is 12.5 Å². The summed E-state index contributed by atoms with van der Waals surface area (Å²) in [5.41, 5.74) is 2.45. The highest BCUT2D eigenvalue weighted by Gasteiger charge is 2.21. The molecule has 2 aromatic rings. The van der Waals surface area contributed by atoms with Gasteiger partial charge in [0.15, 0.2) is 0 Å². The van der Waals surface area contributed by atoms with Gasteiger partial charge in [0.25, 0.3) is 0 Å². The Morgan fingerprint density at radius 3 is 2.18 bits per heavy atom. The van der Waals surface area contributed by atoms with E-state index in [9.17, 15) is 0 Å². The van der Waals surface area contributed by atoms with Crippen LogP contribution in [0.25, 0.3) is 6.08 Å². The maximum atomic E-state index is 5.72. The van der Waals surface area contributed by atoms with Crippen molar-refractivity contribution in [2.24, 2.45) is 0 Å². The molecule has 2 nitrogen and oxygen atoms in total. The van der Waals surface area contributed by atoms with Gasteiger partial charge in [-0.25, -0.2) is 0 Å². The lowest BCUT2D eigenvalue weighted by atomic mass is 10.0. The minimum absolute atomic E-state index is 0.0799. The van der Waals surface area contributed by atoms with E-state index in [1.807, 2.05) is 12.1 Å². The second-order valence-corrected chi connectivity index (χ2v) is 5.56. The van der Waals surface area contributed by atoms with Crippen LogP contribution in [0.4, 0.5) is 0 Å². The third-order valence-electron chi connectivity index (χ3n) is 4.02. The molecule has 0 saturated heterocycles. The van der Waals surface area contributed by atoms with Crippen LogP contribution < -0.4 is 0 Å². The predicted octanol–water partition coefficient (Wildman–Crippen LogP) is 4.41.